The molecule has 1 aromatic rings. The van der Waals surface area contributed by atoms with Crippen molar-refractivity contribution in [1.29, 1.82) is 0 Å². The summed E-state index contributed by atoms with van der Waals surface area (Å²) in [5.74, 6) is 0. The second kappa shape index (κ2) is 5.95. The lowest BCUT2D eigenvalue weighted by atomic mass is 9.90. The third kappa shape index (κ3) is 4.86. The minimum absolute atomic E-state index is 0.0897. The van der Waals surface area contributed by atoms with Crippen LogP contribution in [0.4, 0.5) is 13.2 Å². The predicted octanol–water partition coefficient (Wildman–Crippen LogP) is 4.79. The molecule has 4 heteroatoms. The average molecular weight is 273 g/mol. The van der Waals surface area contributed by atoms with Crippen LogP contribution in [0.3, 0.4) is 0 Å². The molecule has 0 radical (unpaired) electrons. The van der Waals surface area contributed by atoms with Gasteiger partial charge in [0.15, 0.2) is 0 Å². The highest BCUT2D eigenvalue weighted by atomic mass is 19.4. The first-order valence-corrected chi connectivity index (χ1v) is 6.56. The van der Waals surface area contributed by atoms with Crippen LogP contribution in [0.15, 0.2) is 24.3 Å². The zero-order chi connectivity index (χ0) is 14.7. The van der Waals surface area contributed by atoms with E-state index in [0.29, 0.717) is 5.56 Å². The minimum atomic E-state index is -4.28. The van der Waals surface area contributed by atoms with Gasteiger partial charge in [-0.25, -0.2) is 0 Å². The van der Waals surface area contributed by atoms with Gasteiger partial charge in [-0.3, -0.25) is 0 Å². The Morgan fingerprint density at radius 1 is 1.21 bits per heavy atom. The summed E-state index contributed by atoms with van der Waals surface area (Å²) in [5, 5.41) is 3.30. The molecule has 1 aromatic carbocycles. The predicted molar refractivity (Wildman–Crippen MR) is 71.9 cm³/mol. The normalized spacial score (nSPS) is 14.5. The molecule has 0 aliphatic heterocycles. The van der Waals surface area contributed by atoms with Gasteiger partial charge in [-0.15, -0.1) is 0 Å². The number of nitrogens with one attached hydrogen (secondary N) is 1. The average Bonchev–Trinajstić information content (AvgIpc) is 2.35. The Balaban J connectivity index is 2.75. The first-order valence-electron chi connectivity index (χ1n) is 6.56. The maximum atomic E-state index is 12.6. The van der Waals surface area contributed by atoms with Gasteiger partial charge < -0.3 is 5.32 Å². The third-order valence-electron chi connectivity index (χ3n) is 3.56. The minimum Gasteiger partial charge on any atom is -0.310 e. The van der Waals surface area contributed by atoms with E-state index in [2.05, 4.69) is 26.1 Å². The third-order valence-corrected chi connectivity index (χ3v) is 3.56. The number of rotatable bonds is 5. The number of halogens is 3. The lowest BCUT2D eigenvalue weighted by molar-refractivity contribution is -0.137. The largest absolute Gasteiger partial charge is 0.416 e. The second-order valence-electron chi connectivity index (χ2n) is 5.74. The molecule has 0 saturated heterocycles. The van der Waals surface area contributed by atoms with Crippen molar-refractivity contribution in [2.24, 2.45) is 5.41 Å². The monoisotopic (exact) mass is 273 g/mol. The van der Waals surface area contributed by atoms with Crippen molar-refractivity contribution in [3.63, 3.8) is 0 Å². The van der Waals surface area contributed by atoms with Crippen LogP contribution in [-0.4, -0.2) is 6.54 Å². The van der Waals surface area contributed by atoms with Crippen LogP contribution < -0.4 is 5.32 Å². The lowest BCUT2D eigenvalue weighted by Gasteiger charge is -2.26. The van der Waals surface area contributed by atoms with Crippen LogP contribution in [0, 0.1) is 5.41 Å². The summed E-state index contributed by atoms with van der Waals surface area (Å²) in [6.45, 7) is 9.05. The highest BCUT2D eigenvalue weighted by Crippen LogP contribution is 2.31. The number of benzene rings is 1. The summed E-state index contributed by atoms with van der Waals surface area (Å²) in [6, 6.07) is 5.42. The zero-order valence-electron chi connectivity index (χ0n) is 11.9. The summed E-state index contributed by atoms with van der Waals surface area (Å²) in [7, 11) is 0. The molecule has 1 atom stereocenters. The highest BCUT2D eigenvalue weighted by Gasteiger charge is 2.30. The van der Waals surface area contributed by atoms with Crippen molar-refractivity contribution in [2.45, 2.75) is 46.3 Å². The molecule has 1 N–H and O–H groups in total. The number of alkyl halides is 3. The Morgan fingerprint density at radius 3 is 2.37 bits per heavy atom. The van der Waals surface area contributed by atoms with Gasteiger partial charge in [0.1, 0.15) is 0 Å². The van der Waals surface area contributed by atoms with E-state index in [1.807, 2.05) is 6.92 Å². The summed E-state index contributed by atoms with van der Waals surface area (Å²) in [5.41, 5.74) is 0.228. The Hall–Kier alpha value is -1.03. The van der Waals surface area contributed by atoms with Crippen molar-refractivity contribution in [3.05, 3.63) is 35.4 Å². The maximum Gasteiger partial charge on any atom is 0.416 e. The molecule has 0 fully saturated rings. The molecule has 1 rings (SSSR count). The van der Waals surface area contributed by atoms with Crippen LogP contribution in [-0.2, 0) is 6.18 Å². The fourth-order valence-electron chi connectivity index (χ4n) is 1.66. The van der Waals surface area contributed by atoms with Gasteiger partial charge in [0, 0.05) is 12.6 Å². The van der Waals surface area contributed by atoms with E-state index >= 15 is 0 Å². The smallest absolute Gasteiger partial charge is 0.310 e. The zero-order valence-corrected chi connectivity index (χ0v) is 11.9. The van der Waals surface area contributed by atoms with E-state index in [-0.39, 0.29) is 11.5 Å². The molecule has 0 amide bonds. The van der Waals surface area contributed by atoms with Crippen molar-refractivity contribution in [1.82, 2.24) is 5.32 Å². The quantitative estimate of drug-likeness (QED) is 0.813. The fourth-order valence-corrected chi connectivity index (χ4v) is 1.66. The van der Waals surface area contributed by atoms with Crippen molar-refractivity contribution >= 4 is 0 Å². The number of hydrogen-bond acceptors (Lipinski definition) is 1. The molecule has 1 unspecified atom stereocenters. The summed E-state index contributed by atoms with van der Waals surface area (Å²) in [4.78, 5) is 0. The standard InChI is InChI=1S/C15H22F3N/c1-5-14(3,4)10-19-11(2)12-7-6-8-13(9-12)15(16,17)18/h6-9,11,19H,5,10H2,1-4H3. The molecule has 0 spiro atoms. The van der Waals surface area contributed by atoms with Crippen molar-refractivity contribution in [3.8, 4) is 0 Å². The molecule has 0 heterocycles. The van der Waals surface area contributed by atoms with Gasteiger partial charge in [0.25, 0.3) is 0 Å². The maximum absolute atomic E-state index is 12.6. The van der Waals surface area contributed by atoms with Gasteiger partial charge in [-0.2, -0.15) is 13.2 Å². The van der Waals surface area contributed by atoms with E-state index in [1.165, 1.54) is 12.1 Å². The SMILES string of the molecule is CCC(C)(C)CNC(C)c1cccc(C(F)(F)F)c1. The van der Waals surface area contributed by atoms with Crippen molar-refractivity contribution < 1.29 is 13.2 Å². The van der Waals surface area contributed by atoms with Gasteiger partial charge in [-0.05, 0) is 36.5 Å². The molecule has 0 saturated carbocycles. The van der Waals surface area contributed by atoms with Gasteiger partial charge in [0.2, 0.25) is 0 Å². The van der Waals surface area contributed by atoms with Crippen LogP contribution in [0.2, 0.25) is 0 Å². The first kappa shape index (κ1) is 16.0. The first-order chi connectivity index (χ1) is 8.65. The van der Waals surface area contributed by atoms with E-state index in [9.17, 15) is 13.2 Å². The Kier molecular flexibility index (Phi) is 5.02. The van der Waals surface area contributed by atoms with Crippen LogP contribution in [0.25, 0.3) is 0 Å². The molecule has 0 aliphatic rings. The lowest BCUT2D eigenvalue weighted by Crippen LogP contribution is -2.30. The summed E-state index contributed by atoms with van der Waals surface area (Å²) < 4.78 is 37.9. The summed E-state index contributed by atoms with van der Waals surface area (Å²) >= 11 is 0. The second-order valence-corrected chi connectivity index (χ2v) is 5.74. The molecular formula is C15H22F3N. The molecular weight excluding hydrogens is 251 g/mol. The van der Waals surface area contributed by atoms with Crippen LogP contribution in [0.5, 0.6) is 0 Å². The molecule has 1 nitrogen and oxygen atoms in total. The van der Waals surface area contributed by atoms with Gasteiger partial charge in [-0.1, -0.05) is 32.9 Å². The highest BCUT2D eigenvalue weighted by molar-refractivity contribution is 5.27. The van der Waals surface area contributed by atoms with E-state index in [4.69, 9.17) is 0 Å². The van der Waals surface area contributed by atoms with Crippen molar-refractivity contribution in [2.75, 3.05) is 6.54 Å². The fraction of sp³-hybridized carbons (Fsp3) is 0.600. The molecule has 0 aliphatic carbocycles. The van der Waals surface area contributed by atoms with E-state index in [1.54, 1.807) is 6.07 Å². The topological polar surface area (TPSA) is 12.0 Å². The van der Waals surface area contributed by atoms with Gasteiger partial charge in [0.05, 0.1) is 5.56 Å². The Bertz CT molecular complexity index is 410. The Morgan fingerprint density at radius 2 is 1.84 bits per heavy atom. The number of hydrogen-bond donors (Lipinski definition) is 1. The molecule has 0 bridgehead atoms. The molecule has 0 aromatic heterocycles. The van der Waals surface area contributed by atoms with Gasteiger partial charge >= 0.3 is 6.18 Å². The van der Waals surface area contributed by atoms with Crippen LogP contribution >= 0.6 is 0 Å². The van der Waals surface area contributed by atoms with Crippen LogP contribution in [0.1, 0.15) is 51.3 Å². The Labute approximate surface area is 113 Å². The van der Waals surface area contributed by atoms with E-state index in [0.717, 1.165) is 19.0 Å². The van der Waals surface area contributed by atoms with E-state index < -0.39 is 11.7 Å². The molecule has 108 valence electrons. The summed E-state index contributed by atoms with van der Waals surface area (Å²) in [6.07, 6.45) is -3.26. The molecule has 19 heavy (non-hydrogen) atoms.